The van der Waals surface area contributed by atoms with Gasteiger partial charge in [0.05, 0.1) is 22.5 Å². The minimum absolute atomic E-state index is 0.0318. The number of ether oxygens (including phenoxy) is 2. The molecule has 2 aliphatic carbocycles. The molecular weight excluding hydrogens is 456 g/mol. The van der Waals surface area contributed by atoms with E-state index in [1.165, 1.54) is 12.8 Å². The van der Waals surface area contributed by atoms with E-state index in [9.17, 15) is 4.79 Å². The van der Waals surface area contributed by atoms with Gasteiger partial charge in [-0.3, -0.25) is 4.79 Å². The van der Waals surface area contributed by atoms with Gasteiger partial charge in [0.1, 0.15) is 29.9 Å². The van der Waals surface area contributed by atoms with Crippen molar-refractivity contribution in [2.75, 3.05) is 36.4 Å². The molecule has 2 heterocycles. The maximum absolute atomic E-state index is 12.9. The molecule has 1 aromatic carbocycles. The number of para-hydroxylation sites is 1. The molecule has 0 bridgehead atoms. The monoisotopic (exact) mass is 488 g/mol. The average molecular weight is 489 g/mol. The summed E-state index contributed by atoms with van der Waals surface area (Å²) in [7, 11) is -0.589. The van der Waals surface area contributed by atoms with Crippen LogP contribution in [0.25, 0.3) is 10.2 Å². The van der Waals surface area contributed by atoms with Gasteiger partial charge in [-0.1, -0.05) is 6.07 Å². The highest BCUT2D eigenvalue weighted by Gasteiger charge is 2.37. The molecule has 0 spiro atoms. The third-order valence-corrected chi connectivity index (χ3v) is 8.37. The van der Waals surface area contributed by atoms with E-state index in [1.807, 2.05) is 29.8 Å². The van der Waals surface area contributed by atoms with Crippen LogP contribution in [0.1, 0.15) is 37.3 Å². The Bertz CT molecular complexity index is 1130. The number of thiazole rings is 1. The lowest BCUT2D eigenvalue weighted by atomic mass is 9.81. The Hall–Kier alpha value is -2.10. The molecule has 0 atom stereocenters. The number of nitrogens with zero attached hydrogens (tertiary/aromatic N) is 3. The number of amides is 1. The molecule has 2 fully saturated rings. The Morgan fingerprint density at radius 2 is 2.09 bits per heavy atom. The van der Waals surface area contributed by atoms with Crippen LogP contribution in [-0.4, -0.2) is 57.9 Å². The van der Waals surface area contributed by atoms with Crippen LogP contribution in [-0.2, 0) is 16.3 Å². The molecule has 33 heavy (non-hydrogen) atoms. The maximum Gasteiger partial charge on any atom is 0.228 e. The zero-order chi connectivity index (χ0) is 23.0. The predicted octanol–water partition coefficient (Wildman–Crippen LogP) is 4.83. The number of nitrogens with one attached hydrogen (secondary N) is 1. The minimum Gasteiger partial charge on any atom is -0.488 e. The van der Waals surface area contributed by atoms with Crippen molar-refractivity contribution in [1.82, 2.24) is 14.8 Å². The number of hydrogen-bond acceptors (Lipinski definition) is 6. The Kier molecular flexibility index (Phi) is 6.37. The van der Waals surface area contributed by atoms with E-state index in [4.69, 9.17) is 14.6 Å². The number of aromatic nitrogens is 3. The van der Waals surface area contributed by atoms with Gasteiger partial charge >= 0.3 is 0 Å². The highest BCUT2D eigenvalue weighted by Crippen LogP contribution is 2.41. The summed E-state index contributed by atoms with van der Waals surface area (Å²) in [6.45, 7) is 1.07. The van der Waals surface area contributed by atoms with Gasteiger partial charge in [0.2, 0.25) is 5.91 Å². The fourth-order valence-corrected chi connectivity index (χ4v) is 5.23. The summed E-state index contributed by atoms with van der Waals surface area (Å²) in [4.78, 5) is 17.3. The van der Waals surface area contributed by atoms with E-state index in [0.29, 0.717) is 32.1 Å². The van der Waals surface area contributed by atoms with Gasteiger partial charge in [0.25, 0.3) is 0 Å². The van der Waals surface area contributed by atoms with Gasteiger partial charge in [-0.15, -0.1) is 11.3 Å². The van der Waals surface area contributed by atoms with Crippen LogP contribution < -0.4 is 10.1 Å². The summed E-state index contributed by atoms with van der Waals surface area (Å²) in [5.41, 5.74) is 3.79. The SMILES string of the molecule is CS(C)(C)CCOCn1nc(C2CC2)cc1NC(=O)C1CC(Oc2cccc3scnc23)C1. The van der Waals surface area contributed by atoms with E-state index in [1.54, 1.807) is 16.0 Å². The van der Waals surface area contributed by atoms with Crippen LogP contribution >= 0.6 is 21.4 Å². The van der Waals surface area contributed by atoms with Crippen LogP contribution in [0.3, 0.4) is 0 Å². The average Bonchev–Trinajstić information content (AvgIpc) is 3.33. The summed E-state index contributed by atoms with van der Waals surface area (Å²) in [6.07, 6.45) is 10.7. The fraction of sp³-hybridized carbons (Fsp3) is 0.542. The first-order valence-corrected chi connectivity index (χ1v) is 15.4. The van der Waals surface area contributed by atoms with Gasteiger partial charge in [0, 0.05) is 23.7 Å². The summed E-state index contributed by atoms with van der Waals surface area (Å²) in [6, 6.07) is 8.00. The van der Waals surface area contributed by atoms with Crippen molar-refractivity contribution in [3.05, 3.63) is 35.5 Å². The predicted molar refractivity (Wildman–Crippen MR) is 136 cm³/mol. The van der Waals surface area contributed by atoms with Crippen molar-refractivity contribution in [3.63, 3.8) is 0 Å². The van der Waals surface area contributed by atoms with Crippen LogP contribution in [0.5, 0.6) is 5.75 Å². The summed E-state index contributed by atoms with van der Waals surface area (Å²) in [5.74, 6) is 3.10. The van der Waals surface area contributed by atoms with Crippen molar-refractivity contribution < 1.29 is 14.3 Å². The molecule has 2 aliphatic rings. The molecule has 2 aromatic heterocycles. The zero-order valence-corrected chi connectivity index (χ0v) is 21.1. The molecular formula is C24H32N4O3S2. The van der Waals surface area contributed by atoms with Gasteiger partial charge in [-0.25, -0.2) is 19.7 Å². The summed E-state index contributed by atoms with van der Waals surface area (Å²) in [5, 5.41) is 7.81. The first-order chi connectivity index (χ1) is 15.9. The number of hydrogen-bond donors (Lipinski definition) is 1. The van der Waals surface area contributed by atoms with E-state index in [0.717, 1.165) is 33.2 Å². The number of carbonyl (C=O) groups excluding carboxylic acids is 1. The van der Waals surface area contributed by atoms with Crippen molar-refractivity contribution in [1.29, 1.82) is 0 Å². The largest absolute Gasteiger partial charge is 0.488 e. The van der Waals surface area contributed by atoms with Crippen molar-refractivity contribution in [3.8, 4) is 5.75 Å². The number of carbonyl (C=O) groups is 1. The molecule has 3 aromatic rings. The highest BCUT2D eigenvalue weighted by atomic mass is 32.3. The topological polar surface area (TPSA) is 78.3 Å². The zero-order valence-electron chi connectivity index (χ0n) is 19.5. The summed E-state index contributed by atoms with van der Waals surface area (Å²) >= 11 is 1.61. The molecule has 0 saturated heterocycles. The van der Waals surface area contributed by atoms with Crippen molar-refractivity contribution >= 4 is 43.3 Å². The van der Waals surface area contributed by atoms with E-state index in [2.05, 4.69) is 29.1 Å². The third kappa shape index (κ3) is 5.53. The lowest BCUT2D eigenvalue weighted by Crippen LogP contribution is -2.41. The molecule has 0 aliphatic heterocycles. The smallest absolute Gasteiger partial charge is 0.228 e. The molecule has 1 N–H and O–H groups in total. The number of rotatable bonds is 10. The van der Waals surface area contributed by atoms with Crippen LogP contribution in [0.4, 0.5) is 5.82 Å². The van der Waals surface area contributed by atoms with Crippen LogP contribution in [0, 0.1) is 5.92 Å². The molecule has 9 heteroatoms. The van der Waals surface area contributed by atoms with Crippen LogP contribution in [0.2, 0.25) is 0 Å². The number of anilines is 1. The molecule has 1 amide bonds. The standard InChI is InChI=1S/C24H32N4O3S2/c1-33(2,3)10-9-30-15-28-22(13-19(27-28)16-7-8-16)26-24(29)17-11-18(12-17)31-20-5-4-6-21-23(20)25-14-32-21/h4-6,13-14,16-18H,7-12,15H2,1-3H3,(H,26,29). The highest BCUT2D eigenvalue weighted by molar-refractivity contribution is 8.32. The van der Waals surface area contributed by atoms with E-state index < -0.39 is 10.0 Å². The third-order valence-electron chi connectivity index (χ3n) is 6.18. The molecule has 2 saturated carbocycles. The van der Waals surface area contributed by atoms with E-state index >= 15 is 0 Å². The second-order valence-electron chi connectivity index (χ2n) is 9.91. The normalized spacial score (nSPS) is 21.1. The quantitative estimate of drug-likeness (QED) is 0.414. The molecule has 7 nitrogen and oxygen atoms in total. The Morgan fingerprint density at radius 3 is 2.85 bits per heavy atom. The minimum atomic E-state index is -0.589. The molecule has 178 valence electrons. The van der Waals surface area contributed by atoms with Gasteiger partial charge < -0.3 is 14.8 Å². The lowest BCUT2D eigenvalue weighted by molar-refractivity contribution is -0.125. The van der Waals surface area contributed by atoms with Crippen molar-refractivity contribution in [2.24, 2.45) is 5.92 Å². The van der Waals surface area contributed by atoms with Gasteiger partial charge in [-0.05, 0) is 56.6 Å². The van der Waals surface area contributed by atoms with E-state index in [-0.39, 0.29) is 17.9 Å². The fourth-order valence-electron chi connectivity index (χ4n) is 3.91. The molecule has 5 rings (SSSR count). The molecule has 0 unspecified atom stereocenters. The maximum atomic E-state index is 12.9. The number of fused-ring (bicyclic) bond motifs is 1. The Morgan fingerprint density at radius 1 is 1.27 bits per heavy atom. The summed E-state index contributed by atoms with van der Waals surface area (Å²) < 4.78 is 15.0. The second kappa shape index (κ2) is 9.27. The Balaban J connectivity index is 1.16. The first kappa shape index (κ1) is 22.7. The van der Waals surface area contributed by atoms with Gasteiger partial charge in [0.15, 0.2) is 0 Å². The Labute approximate surface area is 200 Å². The number of benzene rings is 1. The first-order valence-electron chi connectivity index (χ1n) is 11.5. The second-order valence-corrected chi connectivity index (χ2v) is 15.4. The lowest BCUT2D eigenvalue weighted by Gasteiger charge is -2.34. The van der Waals surface area contributed by atoms with Crippen molar-refractivity contribution in [2.45, 2.75) is 44.4 Å². The van der Waals surface area contributed by atoms with Gasteiger partial charge in [-0.2, -0.15) is 5.10 Å². The molecule has 0 radical (unpaired) electrons. The van der Waals surface area contributed by atoms with Crippen LogP contribution in [0.15, 0.2) is 29.8 Å².